The smallest absolute Gasteiger partial charge is 0.335 e. The highest BCUT2D eigenvalue weighted by atomic mass is 35.5. The van der Waals surface area contributed by atoms with E-state index in [1.165, 1.54) is 12.1 Å². The minimum Gasteiger partial charge on any atom is -0.478 e. The van der Waals surface area contributed by atoms with E-state index < -0.39 is 5.97 Å². The third kappa shape index (κ3) is 4.88. The summed E-state index contributed by atoms with van der Waals surface area (Å²) in [6.07, 6.45) is 5.76. The second-order valence-electron chi connectivity index (χ2n) is 10.4. The number of piperidine rings is 1. The van der Waals surface area contributed by atoms with Crippen LogP contribution in [0, 0.1) is 0 Å². The van der Waals surface area contributed by atoms with E-state index in [0.717, 1.165) is 49.8 Å². The summed E-state index contributed by atoms with van der Waals surface area (Å²) in [4.78, 5) is 26.4. The topological polar surface area (TPSA) is 108 Å². The van der Waals surface area contributed by atoms with Crippen molar-refractivity contribution < 1.29 is 19.2 Å². The fourth-order valence-corrected chi connectivity index (χ4v) is 6.50. The molecule has 3 aliphatic rings. The zero-order valence-corrected chi connectivity index (χ0v) is 22.1. The number of nitrogens with one attached hydrogen (secondary N) is 2. The van der Waals surface area contributed by atoms with E-state index in [2.05, 4.69) is 15.8 Å². The number of rotatable bonds is 7. The lowest BCUT2D eigenvalue weighted by atomic mass is 9.96. The first-order chi connectivity index (χ1) is 18.4. The molecule has 8 nitrogen and oxygen atoms in total. The fourth-order valence-electron chi connectivity index (χ4n) is 5.92. The van der Waals surface area contributed by atoms with Crippen molar-refractivity contribution in [3.05, 3.63) is 69.4 Å². The first-order valence-electron chi connectivity index (χ1n) is 13.0. The zero-order chi connectivity index (χ0) is 26.4. The van der Waals surface area contributed by atoms with Gasteiger partial charge in [-0.25, -0.2) is 9.59 Å². The summed E-state index contributed by atoms with van der Waals surface area (Å²) in [6.45, 7) is 0.588. The molecule has 0 spiro atoms. The van der Waals surface area contributed by atoms with Gasteiger partial charge in [-0.3, -0.25) is 0 Å². The van der Waals surface area contributed by atoms with Crippen LogP contribution < -0.4 is 10.6 Å². The van der Waals surface area contributed by atoms with Crippen LogP contribution in [0.1, 0.15) is 66.1 Å². The van der Waals surface area contributed by atoms with Gasteiger partial charge in [0.25, 0.3) is 0 Å². The van der Waals surface area contributed by atoms with Gasteiger partial charge in [-0.1, -0.05) is 40.5 Å². The summed E-state index contributed by atoms with van der Waals surface area (Å²) < 4.78 is 5.80. The molecule has 10 heteroatoms. The van der Waals surface area contributed by atoms with Crippen molar-refractivity contribution >= 4 is 40.9 Å². The number of fused-ring (bicyclic) bond motifs is 2. The molecule has 3 heterocycles. The minimum absolute atomic E-state index is 0.122. The number of hydrogen-bond acceptors (Lipinski definition) is 5. The van der Waals surface area contributed by atoms with E-state index in [-0.39, 0.29) is 29.7 Å². The predicted octanol–water partition coefficient (Wildman–Crippen LogP) is 6.54. The molecule has 198 valence electrons. The molecular formula is C28H28Cl2N4O4. The fraction of sp³-hybridized carbons (Fsp3) is 0.393. The number of aromatic nitrogens is 1. The molecule has 2 unspecified atom stereocenters. The number of urea groups is 1. The number of carboxylic acids is 1. The van der Waals surface area contributed by atoms with Gasteiger partial charge >= 0.3 is 12.0 Å². The molecule has 6 rings (SSSR count). The van der Waals surface area contributed by atoms with Crippen LogP contribution in [-0.2, 0) is 6.54 Å². The second-order valence-corrected chi connectivity index (χ2v) is 11.2. The van der Waals surface area contributed by atoms with E-state index in [4.69, 9.17) is 27.7 Å². The maximum atomic E-state index is 13.2. The summed E-state index contributed by atoms with van der Waals surface area (Å²) in [5.41, 5.74) is 3.03. The molecule has 2 amide bonds. The van der Waals surface area contributed by atoms with Crippen molar-refractivity contribution in [2.45, 2.75) is 69.1 Å². The van der Waals surface area contributed by atoms with Gasteiger partial charge in [-0.2, -0.15) is 0 Å². The summed E-state index contributed by atoms with van der Waals surface area (Å²) in [5, 5.41) is 21.3. The molecule has 3 N–H and O–H groups in total. The van der Waals surface area contributed by atoms with E-state index in [9.17, 15) is 14.7 Å². The van der Waals surface area contributed by atoms with Crippen molar-refractivity contribution in [1.29, 1.82) is 0 Å². The average Bonchev–Trinajstić information content (AvgIpc) is 3.59. The predicted molar refractivity (Wildman–Crippen MR) is 145 cm³/mol. The molecule has 2 saturated heterocycles. The number of halogens is 2. The molecule has 1 saturated carbocycles. The maximum absolute atomic E-state index is 13.2. The van der Waals surface area contributed by atoms with Gasteiger partial charge < -0.3 is 25.2 Å². The zero-order valence-electron chi connectivity index (χ0n) is 20.6. The summed E-state index contributed by atoms with van der Waals surface area (Å²) in [5.74, 6) is 0.271. The van der Waals surface area contributed by atoms with Gasteiger partial charge in [0.05, 0.1) is 15.6 Å². The van der Waals surface area contributed by atoms with Crippen LogP contribution in [0.2, 0.25) is 10.0 Å². The first-order valence-corrected chi connectivity index (χ1v) is 13.7. The van der Waals surface area contributed by atoms with E-state index >= 15 is 0 Å². The van der Waals surface area contributed by atoms with Gasteiger partial charge in [0, 0.05) is 47.4 Å². The number of carbonyl (C=O) groups excluding carboxylic acids is 1. The van der Waals surface area contributed by atoms with Crippen LogP contribution in [0.5, 0.6) is 0 Å². The molecule has 0 radical (unpaired) electrons. The number of hydrogen-bond donors (Lipinski definition) is 3. The highest BCUT2D eigenvalue weighted by Gasteiger charge is 2.43. The number of carboxylic acid groups (broad SMARTS) is 1. The average molecular weight is 555 g/mol. The molecule has 1 aromatic heterocycles. The van der Waals surface area contributed by atoms with Crippen molar-refractivity contribution in [2.75, 3.05) is 5.32 Å². The van der Waals surface area contributed by atoms with Crippen LogP contribution in [0.25, 0.3) is 11.3 Å². The standard InChI is InChI=1S/C28H28Cl2N4O4/c29-22-5-2-6-23(30)24(22)25-21(26(38-33-25)15-7-8-15)14-31-18-12-19-9-10-20(13-18)34(19)28(37)32-17-4-1-3-16(11-17)27(35)36/h1-6,11,15,18-20,31H,7-10,12-14H2,(H,32,37)(H,35,36). The van der Waals surface area contributed by atoms with E-state index in [1.54, 1.807) is 12.1 Å². The SMILES string of the molecule is O=C(O)c1cccc(NC(=O)N2C3CCC2CC(NCc2c(-c4c(Cl)cccc4Cl)noc2C2CC2)C3)c1. The molecule has 2 atom stereocenters. The number of anilines is 1. The summed E-state index contributed by atoms with van der Waals surface area (Å²) in [6, 6.07) is 12.1. The van der Waals surface area contributed by atoms with Crippen LogP contribution >= 0.6 is 23.2 Å². The minimum atomic E-state index is -1.02. The van der Waals surface area contributed by atoms with Crippen molar-refractivity contribution in [2.24, 2.45) is 0 Å². The Morgan fingerprint density at radius 3 is 2.37 bits per heavy atom. The van der Waals surface area contributed by atoms with Crippen molar-refractivity contribution in [3.8, 4) is 11.3 Å². The van der Waals surface area contributed by atoms with Crippen LogP contribution in [-0.4, -0.2) is 45.3 Å². The van der Waals surface area contributed by atoms with Gasteiger partial charge in [0.2, 0.25) is 0 Å². The Hall–Kier alpha value is -3.07. The summed E-state index contributed by atoms with van der Waals surface area (Å²) >= 11 is 13.0. The van der Waals surface area contributed by atoms with E-state index in [1.807, 2.05) is 23.1 Å². The lowest BCUT2D eigenvalue weighted by Gasteiger charge is -2.39. The maximum Gasteiger partial charge on any atom is 0.335 e. The lowest BCUT2D eigenvalue weighted by Crippen LogP contribution is -2.52. The molecule has 3 fully saturated rings. The van der Waals surface area contributed by atoms with Crippen molar-refractivity contribution in [3.63, 3.8) is 0 Å². The molecule has 2 aliphatic heterocycles. The highest BCUT2D eigenvalue weighted by molar-refractivity contribution is 6.39. The largest absolute Gasteiger partial charge is 0.478 e. The van der Waals surface area contributed by atoms with Crippen LogP contribution in [0.15, 0.2) is 47.0 Å². The molecule has 2 aromatic carbocycles. The van der Waals surface area contributed by atoms with Crippen molar-refractivity contribution in [1.82, 2.24) is 15.4 Å². The number of amides is 2. The third-order valence-corrected chi connectivity index (χ3v) is 8.49. The summed E-state index contributed by atoms with van der Waals surface area (Å²) in [7, 11) is 0. The monoisotopic (exact) mass is 554 g/mol. The quantitative estimate of drug-likeness (QED) is 0.306. The molecule has 3 aromatic rings. The number of nitrogens with zero attached hydrogens (tertiary/aromatic N) is 2. The molecule has 1 aliphatic carbocycles. The molecule has 2 bridgehead atoms. The van der Waals surface area contributed by atoms with Crippen LogP contribution in [0.3, 0.4) is 0 Å². The number of carbonyl (C=O) groups is 2. The van der Waals surface area contributed by atoms with Gasteiger partial charge in [0.15, 0.2) is 0 Å². The van der Waals surface area contributed by atoms with Gasteiger partial charge in [-0.05, 0) is 68.9 Å². The number of aromatic carboxylic acids is 1. The Balaban J connectivity index is 1.14. The number of benzene rings is 2. The Morgan fingerprint density at radius 2 is 1.71 bits per heavy atom. The molecule has 38 heavy (non-hydrogen) atoms. The molecular weight excluding hydrogens is 527 g/mol. The highest BCUT2D eigenvalue weighted by Crippen LogP contribution is 2.46. The van der Waals surface area contributed by atoms with Crippen LogP contribution in [0.4, 0.5) is 10.5 Å². The van der Waals surface area contributed by atoms with E-state index in [0.29, 0.717) is 39.5 Å². The second kappa shape index (κ2) is 10.2. The Morgan fingerprint density at radius 1 is 1.03 bits per heavy atom. The van der Waals surface area contributed by atoms with Gasteiger partial charge in [0.1, 0.15) is 11.5 Å². The Labute approximate surface area is 230 Å². The lowest BCUT2D eigenvalue weighted by molar-refractivity contribution is 0.0696. The first kappa shape index (κ1) is 25.2. The third-order valence-electron chi connectivity index (χ3n) is 7.86. The van der Waals surface area contributed by atoms with Gasteiger partial charge in [-0.15, -0.1) is 0 Å². The normalized spacial score (nSPS) is 22.5. The Kier molecular flexibility index (Phi) is 6.80. The Bertz CT molecular complexity index is 1350.